The average Bonchev–Trinajstić information content (AvgIpc) is 3.06. The van der Waals surface area contributed by atoms with Crippen LogP contribution in [0.25, 0.3) is 0 Å². The molecule has 4 rings (SSSR count). The number of nitrogens with zero attached hydrogens (tertiary/aromatic N) is 3. The van der Waals surface area contributed by atoms with Gasteiger partial charge in [-0.2, -0.15) is 0 Å². The third kappa shape index (κ3) is 9.61. The minimum Gasteiger partial charge on any atom is -0.490 e. The summed E-state index contributed by atoms with van der Waals surface area (Å²) >= 11 is 0. The van der Waals surface area contributed by atoms with Crippen molar-refractivity contribution in [2.75, 3.05) is 38.7 Å². The minimum atomic E-state index is -0.513. The van der Waals surface area contributed by atoms with Crippen LogP contribution in [0.15, 0.2) is 73.1 Å². The summed E-state index contributed by atoms with van der Waals surface area (Å²) in [6.07, 6.45) is 5.27. The molecule has 0 fully saturated rings. The van der Waals surface area contributed by atoms with E-state index >= 15 is 0 Å². The van der Waals surface area contributed by atoms with E-state index in [9.17, 15) is 19.5 Å². The predicted molar refractivity (Wildman–Crippen MR) is 177 cm³/mol. The summed E-state index contributed by atoms with van der Waals surface area (Å²) in [6.45, 7) is 6.60. The summed E-state index contributed by atoms with van der Waals surface area (Å²) in [4.78, 5) is 47.6. The number of aromatic nitrogens is 1. The van der Waals surface area contributed by atoms with Gasteiger partial charge in [0.15, 0.2) is 0 Å². The number of pyridine rings is 1. The van der Waals surface area contributed by atoms with Crippen LogP contribution in [0.3, 0.4) is 0 Å². The second kappa shape index (κ2) is 16.9. The highest BCUT2D eigenvalue weighted by Crippen LogP contribution is 2.28. The van der Waals surface area contributed by atoms with Crippen LogP contribution < -0.4 is 10.1 Å². The van der Waals surface area contributed by atoms with Crippen molar-refractivity contribution in [1.82, 2.24) is 14.8 Å². The van der Waals surface area contributed by atoms with Gasteiger partial charge in [0.05, 0.1) is 36.8 Å². The van der Waals surface area contributed by atoms with E-state index in [0.29, 0.717) is 35.7 Å². The zero-order valence-corrected chi connectivity index (χ0v) is 27.2. The van der Waals surface area contributed by atoms with Gasteiger partial charge in [-0.15, -0.1) is 0 Å². The average molecular weight is 631 g/mol. The number of aliphatic hydroxyl groups is 1. The number of aliphatic hydroxyl groups excluding tert-OH is 1. The van der Waals surface area contributed by atoms with Gasteiger partial charge >= 0.3 is 0 Å². The Labute approximate surface area is 271 Å². The zero-order chi connectivity index (χ0) is 33.1. The Morgan fingerprint density at radius 1 is 1.09 bits per heavy atom. The maximum absolute atomic E-state index is 14.3. The second-order valence-electron chi connectivity index (χ2n) is 12.1. The maximum atomic E-state index is 14.3. The number of rotatable bonds is 8. The van der Waals surface area contributed by atoms with Gasteiger partial charge in [0.2, 0.25) is 5.91 Å². The van der Waals surface area contributed by atoms with Crippen LogP contribution in [-0.2, 0) is 16.0 Å². The van der Waals surface area contributed by atoms with Crippen molar-refractivity contribution < 1.29 is 29.0 Å². The first-order valence-electron chi connectivity index (χ1n) is 16.0. The topological polar surface area (TPSA) is 121 Å². The van der Waals surface area contributed by atoms with Gasteiger partial charge in [0, 0.05) is 56.3 Å². The quantitative estimate of drug-likeness (QED) is 0.366. The molecule has 0 bridgehead atoms. The van der Waals surface area contributed by atoms with Gasteiger partial charge in [-0.25, -0.2) is 0 Å². The van der Waals surface area contributed by atoms with Crippen LogP contribution in [0.4, 0.5) is 5.69 Å². The molecule has 2 N–H and O–H groups in total. The molecule has 4 atom stereocenters. The standard InChI is InChI=1S/C36H46N4O6/c1-25-22-40(26(2)24-41)36(44)31-21-30(38-34(42)20-28-11-6-5-7-12-28)13-14-32(31)46-27(3)10-8-9-19-45-33(25)23-39(4)35(43)29-15-17-37-18-16-29/h5-7,11-18,21,25-27,33,41H,8-10,19-20,22-24H2,1-4H3,(H,38,42)/t25-,26+,27-,33-/m1/s1. The van der Waals surface area contributed by atoms with Crippen molar-refractivity contribution in [3.8, 4) is 5.75 Å². The molecule has 0 spiro atoms. The van der Waals surface area contributed by atoms with Crippen LogP contribution in [0.2, 0.25) is 0 Å². The number of likely N-dealkylation sites (N-methyl/N-ethyl adjacent to an activating group) is 1. The molecule has 3 amide bonds. The highest BCUT2D eigenvalue weighted by molar-refractivity contribution is 6.00. The lowest BCUT2D eigenvalue weighted by atomic mass is 10.0. The second-order valence-corrected chi connectivity index (χ2v) is 12.1. The summed E-state index contributed by atoms with van der Waals surface area (Å²) in [5.41, 5.74) is 2.20. The number of benzene rings is 2. The molecule has 0 radical (unpaired) electrons. The molecule has 0 unspecified atom stereocenters. The van der Waals surface area contributed by atoms with Crippen LogP contribution in [0.1, 0.15) is 66.3 Å². The number of amides is 3. The van der Waals surface area contributed by atoms with Crippen LogP contribution >= 0.6 is 0 Å². The molecular formula is C36H46N4O6. The maximum Gasteiger partial charge on any atom is 0.258 e. The summed E-state index contributed by atoms with van der Waals surface area (Å²) in [5, 5.41) is 13.1. The Morgan fingerprint density at radius 2 is 1.83 bits per heavy atom. The number of carbonyl (C=O) groups excluding carboxylic acids is 3. The first-order chi connectivity index (χ1) is 22.2. The molecule has 10 nitrogen and oxygen atoms in total. The molecule has 2 heterocycles. The van der Waals surface area contributed by atoms with E-state index in [4.69, 9.17) is 9.47 Å². The smallest absolute Gasteiger partial charge is 0.258 e. The third-order valence-electron chi connectivity index (χ3n) is 8.27. The van der Waals surface area contributed by atoms with Crippen LogP contribution in [0.5, 0.6) is 5.75 Å². The summed E-state index contributed by atoms with van der Waals surface area (Å²) in [7, 11) is 1.74. The lowest BCUT2D eigenvalue weighted by molar-refractivity contribution is -0.115. The first kappa shape index (κ1) is 34.6. The van der Waals surface area contributed by atoms with Crippen molar-refractivity contribution in [2.24, 2.45) is 5.92 Å². The molecule has 1 aliphatic rings. The SMILES string of the molecule is C[C@@H]1CCCCO[C@H](CN(C)C(=O)c2ccncc2)[C@H](C)CN([C@@H](C)CO)C(=O)c2cc(NC(=O)Cc3ccccc3)ccc2O1. The largest absolute Gasteiger partial charge is 0.490 e. The van der Waals surface area contributed by atoms with Gasteiger partial charge < -0.3 is 29.7 Å². The van der Waals surface area contributed by atoms with Gasteiger partial charge in [-0.05, 0) is 69.0 Å². The van der Waals surface area contributed by atoms with Crippen molar-refractivity contribution >= 4 is 23.4 Å². The van der Waals surface area contributed by atoms with Gasteiger partial charge in [-0.1, -0.05) is 37.3 Å². The van der Waals surface area contributed by atoms with Gasteiger partial charge in [0.25, 0.3) is 11.8 Å². The Morgan fingerprint density at radius 3 is 2.54 bits per heavy atom. The first-order valence-corrected chi connectivity index (χ1v) is 16.0. The van der Waals surface area contributed by atoms with E-state index in [1.54, 1.807) is 66.5 Å². The monoisotopic (exact) mass is 630 g/mol. The molecule has 10 heteroatoms. The lowest BCUT2D eigenvalue weighted by Crippen LogP contribution is -2.48. The Hall–Kier alpha value is -4.28. The Bertz CT molecular complexity index is 1440. The fourth-order valence-corrected chi connectivity index (χ4v) is 5.52. The fraction of sp³-hybridized carbons (Fsp3) is 0.444. The number of carbonyl (C=O) groups is 3. The van der Waals surface area contributed by atoms with Crippen molar-refractivity contribution in [3.05, 3.63) is 89.7 Å². The molecule has 2 aromatic carbocycles. The molecule has 3 aromatic rings. The van der Waals surface area contributed by atoms with Crippen molar-refractivity contribution in [3.63, 3.8) is 0 Å². The number of hydrogen-bond donors (Lipinski definition) is 2. The summed E-state index contributed by atoms with van der Waals surface area (Å²) in [5.74, 6) is -0.435. The number of anilines is 1. The molecule has 0 aliphatic carbocycles. The molecular weight excluding hydrogens is 584 g/mol. The molecule has 246 valence electrons. The van der Waals surface area contributed by atoms with Crippen molar-refractivity contribution in [1.29, 1.82) is 0 Å². The normalized spacial score (nSPS) is 20.1. The van der Waals surface area contributed by atoms with E-state index in [2.05, 4.69) is 10.3 Å². The highest BCUT2D eigenvalue weighted by atomic mass is 16.5. The van der Waals surface area contributed by atoms with Crippen molar-refractivity contribution in [2.45, 2.75) is 64.7 Å². The number of ether oxygens (including phenoxy) is 2. The molecule has 46 heavy (non-hydrogen) atoms. The van der Waals surface area contributed by atoms with Crippen LogP contribution in [0, 0.1) is 5.92 Å². The van der Waals surface area contributed by atoms with E-state index in [1.807, 2.05) is 44.2 Å². The van der Waals surface area contributed by atoms with E-state index in [1.165, 1.54) is 0 Å². The van der Waals surface area contributed by atoms with Gasteiger partial charge in [-0.3, -0.25) is 19.4 Å². The molecule has 1 aliphatic heterocycles. The van der Waals surface area contributed by atoms with Gasteiger partial charge in [0.1, 0.15) is 5.75 Å². The number of fused-ring (bicyclic) bond motifs is 1. The predicted octanol–water partition coefficient (Wildman–Crippen LogP) is 4.83. The Kier molecular flexibility index (Phi) is 12.7. The number of hydrogen-bond acceptors (Lipinski definition) is 7. The third-order valence-corrected chi connectivity index (χ3v) is 8.27. The minimum absolute atomic E-state index is 0.143. The lowest BCUT2D eigenvalue weighted by Gasteiger charge is -2.36. The summed E-state index contributed by atoms with van der Waals surface area (Å²) < 4.78 is 12.7. The molecule has 0 saturated carbocycles. The fourth-order valence-electron chi connectivity index (χ4n) is 5.52. The van der Waals surface area contributed by atoms with E-state index in [-0.39, 0.29) is 55.4 Å². The Balaban J connectivity index is 1.60. The zero-order valence-electron chi connectivity index (χ0n) is 27.2. The van der Waals surface area contributed by atoms with E-state index in [0.717, 1.165) is 24.8 Å². The molecule has 0 saturated heterocycles. The molecule has 1 aromatic heterocycles. The van der Waals surface area contributed by atoms with Crippen LogP contribution in [-0.4, -0.2) is 89.2 Å². The number of nitrogens with one attached hydrogen (secondary N) is 1. The highest BCUT2D eigenvalue weighted by Gasteiger charge is 2.31. The summed E-state index contributed by atoms with van der Waals surface area (Å²) in [6, 6.07) is 17.4. The van der Waals surface area contributed by atoms with E-state index < -0.39 is 6.04 Å².